The lowest BCUT2D eigenvalue weighted by molar-refractivity contribution is 0.0929. The summed E-state index contributed by atoms with van der Waals surface area (Å²) in [7, 11) is 1.67. The second-order valence-electron chi connectivity index (χ2n) is 9.40. The van der Waals surface area contributed by atoms with Gasteiger partial charge in [0.1, 0.15) is 23.1 Å². The normalized spacial score (nSPS) is 19.5. The number of fused-ring (bicyclic) bond motifs is 5. The molecule has 1 aromatic heterocycles. The van der Waals surface area contributed by atoms with Gasteiger partial charge in [0.2, 0.25) is 0 Å². The summed E-state index contributed by atoms with van der Waals surface area (Å²) in [6.07, 6.45) is 3.91. The number of nitrogens with zero attached hydrogens (tertiary/aromatic N) is 3. The number of aliphatic hydroxyl groups is 1. The molecular weight excluding hydrogens is 390 g/mol. The zero-order chi connectivity index (χ0) is 22.5. The third kappa shape index (κ3) is 3.65. The fourth-order valence-electron chi connectivity index (χ4n) is 4.37. The van der Waals surface area contributed by atoms with E-state index in [0.29, 0.717) is 18.7 Å². The fourth-order valence-corrected chi connectivity index (χ4v) is 4.37. The van der Waals surface area contributed by atoms with Gasteiger partial charge >= 0.3 is 0 Å². The maximum atomic E-state index is 10.1. The summed E-state index contributed by atoms with van der Waals surface area (Å²) in [6.45, 7) is 17.7. The van der Waals surface area contributed by atoms with Crippen molar-refractivity contribution in [2.45, 2.75) is 46.4 Å². The van der Waals surface area contributed by atoms with Crippen LogP contribution in [-0.4, -0.2) is 45.6 Å². The highest BCUT2D eigenvalue weighted by atomic mass is 16.5. The molecule has 2 aliphatic heterocycles. The van der Waals surface area contributed by atoms with Gasteiger partial charge in [-0.1, -0.05) is 46.1 Å². The first kappa shape index (κ1) is 21.2. The molecule has 6 nitrogen and oxygen atoms in total. The van der Waals surface area contributed by atoms with E-state index in [9.17, 15) is 5.11 Å². The largest absolute Gasteiger partial charge is 0.508 e. The Morgan fingerprint density at radius 1 is 1.35 bits per heavy atom. The van der Waals surface area contributed by atoms with E-state index >= 15 is 0 Å². The number of aliphatic hydroxyl groups excluding tert-OH is 1. The maximum absolute atomic E-state index is 10.1. The summed E-state index contributed by atoms with van der Waals surface area (Å²) in [5.41, 5.74) is 4.25. The summed E-state index contributed by atoms with van der Waals surface area (Å²) in [5.74, 6) is 0.776. The van der Waals surface area contributed by atoms with E-state index in [4.69, 9.17) is 14.6 Å². The zero-order valence-electron chi connectivity index (χ0n) is 19.0. The molecule has 31 heavy (non-hydrogen) atoms. The van der Waals surface area contributed by atoms with Crippen LogP contribution in [0.4, 0.5) is 0 Å². The van der Waals surface area contributed by atoms with Crippen molar-refractivity contribution in [1.29, 1.82) is 0 Å². The molecule has 2 aromatic rings. The summed E-state index contributed by atoms with van der Waals surface area (Å²) < 4.78 is 13.4. The molecule has 0 bridgehead atoms. The molecule has 3 heterocycles. The number of ether oxygens (including phenoxy) is 2. The van der Waals surface area contributed by atoms with Crippen molar-refractivity contribution in [3.8, 4) is 5.75 Å². The Balaban J connectivity index is 1.88. The predicted octanol–water partition coefficient (Wildman–Crippen LogP) is 5.05. The minimum Gasteiger partial charge on any atom is -0.508 e. The van der Waals surface area contributed by atoms with E-state index in [1.807, 2.05) is 31.3 Å². The van der Waals surface area contributed by atoms with Crippen molar-refractivity contribution in [1.82, 2.24) is 14.7 Å². The molecule has 1 N–H and O–H groups in total. The van der Waals surface area contributed by atoms with Crippen molar-refractivity contribution >= 4 is 16.6 Å². The highest BCUT2D eigenvalue weighted by Crippen LogP contribution is 2.44. The van der Waals surface area contributed by atoms with Crippen molar-refractivity contribution in [2.75, 3.05) is 13.7 Å². The average Bonchev–Trinajstić information content (AvgIpc) is 3.06. The van der Waals surface area contributed by atoms with Gasteiger partial charge in [-0.25, -0.2) is 0 Å². The van der Waals surface area contributed by atoms with Crippen LogP contribution in [0.15, 0.2) is 60.5 Å². The average molecular weight is 422 g/mol. The highest BCUT2D eigenvalue weighted by Gasteiger charge is 2.40. The maximum Gasteiger partial charge on any atom is 0.147 e. The number of allylic oxidation sites excluding steroid dienone is 2. The molecule has 4 rings (SSSR count). The summed E-state index contributed by atoms with van der Waals surface area (Å²) in [5, 5.41) is 16.1. The van der Waals surface area contributed by atoms with E-state index in [0.717, 1.165) is 33.6 Å². The number of rotatable bonds is 5. The van der Waals surface area contributed by atoms with Gasteiger partial charge in [0.05, 0.1) is 30.6 Å². The fraction of sp³-hybridized carbons (Fsp3) is 0.400. The molecule has 0 amide bonds. The minimum atomic E-state index is -0.0807. The number of hydrogen-bond donors (Lipinski definition) is 1. The van der Waals surface area contributed by atoms with Gasteiger partial charge in [-0.05, 0) is 30.1 Å². The van der Waals surface area contributed by atoms with Crippen molar-refractivity contribution in [3.63, 3.8) is 0 Å². The van der Waals surface area contributed by atoms with E-state index in [-0.39, 0.29) is 23.3 Å². The van der Waals surface area contributed by atoms with E-state index in [2.05, 4.69) is 49.6 Å². The molecule has 6 heteroatoms. The number of hydrogen-bond acceptors (Lipinski definition) is 5. The topological polar surface area (TPSA) is 59.8 Å². The Bertz CT molecular complexity index is 1120. The van der Waals surface area contributed by atoms with Crippen LogP contribution in [-0.2, 0) is 11.3 Å². The van der Waals surface area contributed by atoms with E-state index in [1.54, 1.807) is 7.11 Å². The van der Waals surface area contributed by atoms with Gasteiger partial charge in [0.25, 0.3) is 0 Å². The summed E-state index contributed by atoms with van der Waals surface area (Å²) in [6, 6.07) is 6.16. The molecule has 2 atom stereocenters. The van der Waals surface area contributed by atoms with Crippen LogP contribution in [0.25, 0.3) is 16.6 Å². The minimum absolute atomic E-state index is 0.0275. The van der Waals surface area contributed by atoms with Crippen LogP contribution in [0, 0.1) is 5.41 Å². The number of aromatic nitrogens is 2. The first-order valence-electron chi connectivity index (χ1n) is 10.6. The van der Waals surface area contributed by atoms with Gasteiger partial charge in [-0.3, -0.25) is 4.68 Å². The second kappa shape index (κ2) is 7.61. The van der Waals surface area contributed by atoms with Gasteiger partial charge in [0, 0.05) is 24.3 Å². The Kier molecular flexibility index (Phi) is 5.21. The predicted molar refractivity (Wildman–Crippen MR) is 124 cm³/mol. The van der Waals surface area contributed by atoms with Crippen molar-refractivity contribution in [3.05, 3.63) is 66.2 Å². The lowest BCUT2D eigenvalue weighted by Gasteiger charge is -2.46. The molecule has 0 spiro atoms. The Hall–Kier alpha value is -2.99. The second-order valence-corrected chi connectivity index (χ2v) is 9.40. The molecule has 164 valence electrons. The molecule has 0 fully saturated rings. The first-order valence-corrected chi connectivity index (χ1v) is 10.6. The van der Waals surface area contributed by atoms with Crippen molar-refractivity contribution < 1.29 is 14.6 Å². The molecule has 0 radical (unpaired) electrons. The molecule has 1 aromatic carbocycles. The molecule has 2 unspecified atom stereocenters. The van der Waals surface area contributed by atoms with Crippen LogP contribution in [0.3, 0.4) is 0 Å². The standard InChI is InChI=1S/C25H31N3O3/c1-15-11-20-24-18-9-8-10-21(31-16(2)14-30-7)23(18)26-28(24)13-22(25(4,5)6)27(20)12-19(15)17(3)29/h8-12,16,22,29H,1,3,13-14H2,2,4-7H3. The third-order valence-electron chi connectivity index (χ3n) is 5.90. The zero-order valence-corrected chi connectivity index (χ0v) is 19.0. The van der Waals surface area contributed by atoms with Crippen LogP contribution in [0.1, 0.15) is 33.4 Å². The van der Waals surface area contributed by atoms with Crippen LogP contribution in [0.5, 0.6) is 5.75 Å². The van der Waals surface area contributed by atoms with Gasteiger partial charge in [-0.2, -0.15) is 5.10 Å². The Morgan fingerprint density at radius 2 is 2.10 bits per heavy atom. The van der Waals surface area contributed by atoms with E-state index in [1.165, 1.54) is 0 Å². The SMILES string of the molecule is C=C(O)C1=CN2C(=CC1=C)c1c3cccc(OC(C)COC)c3nn1CC2C(C)(C)C. The third-order valence-corrected chi connectivity index (χ3v) is 5.90. The number of methoxy groups -OCH3 is 1. The summed E-state index contributed by atoms with van der Waals surface area (Å²) >= 11 is 0. The lowest BCUT2D eigenvalue weighted by Crippen LogP contribution is -2.47. The monoisotopic (exact) mass is 421 g/mol. The van der Waals surface area contributed by atoms with Crippen LogP contribution in [0.2, 0.25) is 0 Å². The Labute approximate surface area is 183 Å². The molecule has 0 saturated heterocycles. The van der Waals surface area contributed by atoms with Gasteiger partial charge in [0.15, 0.2) is 0 Å². The molecule has 2 aliphatic rings. The van der Waals surface area contributed by atoms with Crippen LogP contribution >= 0.6 is 0 Å². The van der Waals surface area contributed by atoms with Gasteiger partial charge < -0.3 is 19.5 Å². The lowest BCUT2D eigenvalue weighted by atomic mass is 9.82. The smallest absolute Gasteiger partial charge is 0.147 e. The van der Waals surface area contributed by atoms with E-state index < -0.39 is 0 Å². The van der Waals surface area contributed by atoms with Crippen molar-refractivity contribution in [2.24, 2.45) is 5.41 Å². The quantitative estimate of drug-likeness (QED) is 0.685. The summed E-state index contributed by atoms with van der Waals surface area (Å²) in [4.78, 5) is 2.24. The molecule has 0 saturated carbocycles. The van der Waals surface area contributed by atoms with Gasteiger partial charge in [-0.15, -0.1) is 0 Å². The highest BCUT2D eigenvalue weighted by molar-refractivity contribution is 5.95. The Morgan fingerprint density at radius 3 is 2.74 bits per heavy atom. The molecule has 0 aliphatic carbocycles. The molecular formula is C25H31N3O3. The first-order chi connectivity index (χ1) is 14.6. The number of benzene rings is 1. The van der Waals surface area contributed by atoms with Crippen LogP contribution < -0.4 is 4.74 Å².